The second kappa shape index (κ2) is 10.5. The van der Waals surface area contributed by atoms with Crippen molar-refractivity contribution in [2.75, 3.05) is 18.6 Å². The molecule has 0 radical (unpaired) electrons. The molecule has 8 nitrogen and oxygen atoms in total. The van der Waals surface area contributed by atoms with Gasteiger partial charge < -0.3 is 14.6 Å². The van der Waals surface area contributed by atoms with E-state index in [1.54, 1.807) is 51.1 Å². The Hall–Kier alpha value is -3.40. The molecule has 4 rings (SSSR count). The lowest BCUT2D eigenvalue weighted by Gasteiger charge is -2.24. The van der Waals surface area contributed by atoms with Crippen molar-refractivity contribution >= 4 is 63.1 Å². The lowest BCUT2D eigenvalue weighted by atomic mass is 9.95. The first-order valence-electron chi connectivity index (χ1n) is 11.1. The molecule has 37 heavy (non-hydrogen) atoms. The summed E-state index contributed by atoms with van der Waals surface area (Å²) < 4.78 is 10.4. The van der Waals surface area contributed by atoms with Gasteiger partial charge in [-0.15, -0.1) is 0 Å². The Balaban J connectivity index is 1.95. The lowest BCUT2D eigenvalue weighted by Crippen LogP contribution is -2.29. The van der Waals surface area contributed by atoms with E-state index in [-0.39, 0.29) is 33.0 Å². The van der Waals surface area contributed by atoms with Gasteiger partial charge in [0.25, 0.3) is 5.78 Å². The second-order valence-corrected chi connectivity index (χ2v) is 9.97. The van der Waals surface area contributed by atoms with Gasteiger partial charge in [0.15, 0.2) is 5.13 Å². The number of aliphatic hydroxyl groups is 1. The van der Waals surface area contributed by atoms with Crippen LogP contribution in [0.2, 0.25) is 10.0 Å². The number of methoxy groups -OCH3 is 1. The highest BCUT2D eigenvalue weighted by molar-refractivity contribution is 7.17. The second-order valence-electron chi connectivity index (χ2n) is 8.15. The standard InChI is InChI=1S/C26H22Cl2N2O6S/c1-5-36-25(34)23-13(3)29-26(37-23)30-20(16-8-7-15(27)11-17(16)28)19(22(32)24(30)33)21(31)14-6-9-18(35-4)12(2)10-14/h6-11,20,31H,5H2,1-4H3/b21-19+/t20-/m1/s1. The number of nitrogens with zero attached hydrogens (tertiary/aromatic N) is 2. The van der Waals surface area contributed by atoms with Crippen LogP contribution in [-0.2, 0) is 14.3 Å². The topological polar surface area (TPSA) is 106 Å². The zero-order valence-electron chi connectivity index (χ0n) is 20.3. The lowest BCUT2D eigenvalue weighted by molar-refractivity contribution is -0.132. The van der Waals surface area contributed by atoms with E-state index in [0.717, 1.165) is 21.8 Å². The van der Waals surface area contributed by atoms with E-state index in [1.807, 2.05) is 0 Å². The smallest absolute Gasteiger partial charge is 0.350 e. The first kappa shape index (κ1) is 26.7. The largest absolute Gasteiger partial charge is 0.507 e. The highest BCUT2D eigenvalue weighted by Gasteiger charge is 2.49. The molecule has 1 aromatic heterocycles. The van der Waals surface area contributed by atoms with Gasteiger partial charge in [0, 0.05) is 15.6 Å². The number of ether oxygens (including phenoxy) is 2. The van der Waals surface area contributed by atoms with Gasteiger partial charge >= 0.3 is 11.9 Å². The number of hydrogen-bond donors (Lipinski definition) is 1. The molecule has 1 fully saturated rings. The van der Waals surface area contributed by atoms with E-state index in [2.05, 4.69) is 4.98 Å². The molecule has 1 aliphatic rings. The minimum Gasteiger partial charge on any atom is -0.507 e. The van der Waals surface area contributed by atoms with Gasteiger partial charge in [-0.2, -0.15) is 0 Å². The maximum Gasteiger partial charge on any atom is 0.350 e. The van der Waals surface area contributed by atoms with Gasteiger partial charge in [0.1, 0.15) is 16.4 Å². The molecule has 11 heteroatoms. The summed E-state index contributed by atoms with van der Waals surface area (Å²) in [7, 11) is 1.52. The van der Waals surface area contributed by atoms with Crippen LogP contribution in [0.25, 0.3) is 5.76 Å². The number of halogens is 2. The number of aryl methyl sites for hydroxylation is 2. The van der Waals surface area contributed by atoms with Crippen LogP contribution in [0.5, 0.6) is 5.75 Å². The summed E-state index contributed by atoms with van der Waals surface area (Å²) in [5.41, 5.74) is 1.55. The molecular formula is C26H22Cl2N2O6S. The summed E-state index contributed by atoms with van der Waals surface area (Å²) in [4.78, 5) is 44.9. The normalized spacial score (nSPS) is 16.8. The van der Waals surface area contributed by atoms with E-state index in [4.69, 9.17) is 32.7 Å². The number of aromatic nitrogens is 1. The number of benzene rings is 2. The fraction of sp³-hybridized carbons (Fsp3) is 0.231. The number of ketones is 1. The fourth-order valence-corrected chi connectivity index (χ4v) is 5.60. The van der Waals surface area contributed by atoms with Crippen molar-refractivity contribution in [2.45, 2.75) is 26.8 Å². The van der Waals surface area contributed by atoms with Crippen LogP contribution in [0, 0.1) is 13.8 Å². The number of Topliss-reactive ketones (excluding diaryl/α,β-unsaturated/α-hetero) is 1. The number of amides is 1. The summed E-state index contributed by atoms with van der Waals surface area (Å²) >= 11 is 13.5. The molecule has 0 spiro atoms. The Kier molecular flexibility index (Phi) is 7.59. The summed E-state index contributed by atoms with van der Waals surface area (Å²) in [5, 5.41) is 12.0. The zero-order valence-corrected chi connectivity index (χ0v) is 22.6. The number of rotatable bonds is 6. The number of esters is 1. The third-order valence-electron chi connectivity index (χ3n) is 5.82. The van der Waals surface area contributed by atoms with Crippen molar-refractivity contribution in [1.29, 1.82) is 0 Å². The van der Waals surface area contributed by atoms with Crippen LogP contribution >= 0.6 is 34.5 Å². The molecule has 0 saturated carbocycles. The van der Waals surface area contributed by atoms with Crippen molar-refractivity contribution in [1.82, 2.24) is 4.98 Å². The Morgan fingerprint density at radius 3 is 2.51 bits per heavy atom. The number of aliphatic hydroxyl groups excluding tert-OH is 1. The van der Waals surface area contributed by atoms with Crippen LogP contribution in [0.1, 0.15) is 45.0 Å². The Bertz CT molecular complexity index is 1470. The van der Waals surface area contributed by atoms with Gasteiger partial charge in [0.05, 0.1) is 31.0 Å². The van der Waals surface area contributed by atoms with Crippen LogP contribution < -0.4 is 9.64 Å². The number of carbonyl (C=O) groups excluding carboxylic acids is 3. The van der Waals surface area contributed by atoms with Gasteiger partial charge in [-0.1, -0.05) is 40.6 Å². The first-order chi connectivity index (χ1) is 17.6. The van der Waals surface area contributed by atoms with Crippen molar-refractivity contribution in [3.8, 4) is 5.75 Å². The number of hydrogen-bond acceptors (Lipinski definition) is 8. The summed E-state index contributed by atoms with van der Waals surface area (Å²) in [6, 6.07) is 8.38. The molecule has 3 aromatic rings. The molecule has 192 valence electrons. The molecule has 1 amide bonds. The van der Waals surface area contributed by atoms with E-state index in [9.17, 15) is 19.5 Å². The minimum absolute atomic E-state index is 0.0867. The van der Waals surface area contributed by atoms with Crippen molar-refractivity contribution in [2.24, 2.45) is 0 Å². The van der Waals surface area contributed by atoms with Crippen LogP contribution in [0.4, 0.5) is 5.13 Å². The van der Waals surface area contributed by atoms with Gasteiger partial charge in [-0.05, 0) is 62.2 Å². The molecule has 1 saturated heterocycles. The maximum atomic E-state index is 13.4. The highest BCUT2D eigenvalue weighted by Crippen LogP contribution is 2.46. The van der Waals surface area contributed by atoms with Crippen molar-refractivity contribution in [3.63, 3.8) is 0 Å². The molecule has 1 aliphatic heterocycles. The molecule has 1 N–H and O–H groups in total. The number of thiazole rings is 1. The predicted molar refractivity (Wildman–Crippen MR) is 142 cm³/mol. The van der Waals surface area contributed by atoms with E-state index < -0.39 is 23.7 Å². The van der Waals surface area contributed by atoms with E-state index in [1.165, 1.54) is 13.2 Å². The molecule has 1 atom stereocenters. The number of carbonyl (C=O) groups is 3. The van der Waals surface area contributed by atoms with E-state index in [0.29, 0.717) is 27.6 Å². The van der Waals surface area contributed by atoms with Crippen LogP contribution in [0.15, 0.2) is 42.0 Å². The fourth-order valence-electron chi connectivity index (χ4n) is 4.10. The Labute approximate surface area is 227 Å². The Morgan fingerprint density at radius 1 is 1.16 bits per heavy atom. The third kappa shape index (κ3) is 4.82. The maximum absolute atomic E-state index is 13.4. The number of anilines is 1. The zero-order chi connectivity index (χ0) is 27.0. The third-order valence-corrected chi connectivity index (χ3v) is 7.52. The molecule has 2 aromatic carbocycles. The summed E-state index contributed by atoms with van der Waals surface area (Å²) in [5.74, 6) is -2.23. The van der Waals surface area contributed by atoms with Gasteiger partial charge in [-0.3, -0.25) is 14.5 Å². The van der Waals surface area contributed by atoms with E-state index >= 15 is 0 Å². The summed E-state index contributed by atoms with van der Waals surface area (Å²) in [6.45, 7) is 5.24. The highest BCUT2D eigenvalue weighted by atomic mass is 35.5. The molecule has 0 bridgehead atoms. The molecular weight excluding hydrogens is 539 g/mol. The average molecular weight is 561 g/mol. The first-order valence-corrected chi connectivity index (χ1v) is 12.7. The molecule has 0 aliphatic carbocycles. The van der Waals surface area contributed by atoms with Gasteiger partial charge in [-0.25, -0.2) is 9.78 Å². The quantitative estimate of drug-likeness (QED) is 0.173. The van der Waals surface area contributed by atoms with Crippen LogP contribution in [-0.4, -0.2) is 41.5 Å². The minimum atomic E-state index is -1.13. The SMILES string of the molecule is CCOC(=O)c1sc(N2C(=O)C(=O)/C(=C(/O)c3ccc(OC)c(C)c3)[C@H]2c2ccc(Cl)cc2Cl)nc1C. The Morgan fingerprint density at radius 2 is 1.89 bits per heavy atom. The predicted octanol–water partition coefficient (Wildman–Crippen LogP) is 5.88. The summed E-state index contributed by atoms with van der Waals surface area (Å²) in [6.07, 6.45) is 0. The molecule has 2 heterocycles. The van der Waals surface area contributed by atoms with Crippen molar-refractivity contribution in [3.05, 3.63) is 79.3 Å². The monoisotopic (exact) mass is 560 g/mol. The van der Waals surface area contributed by atoms with Crippen molar-refractivity contribution < 1.29 is 29.0 Å². The van der Waals surface area contributed by atoms with Crippen LogP contribution in [0.3, 0.4) is 0 Å². The average Bonchev–Trinajstić information content (AvgIpc) is 3.35. The molecule has 0 unspecified atom stereocenters. The van der Waals surface area contributed by atoms with Gasteiger partial charge in [0.2, 0.25) is 0 Å².